The lowest BCUT2D eigenvalue weighted by Gasteiger charge is -2.38. The lowest BCUT2D eigenvalue weighted by molar-refractivity contribution is -0.159. The maximum atomic E-state index is 11.8. The normalized spacial score (nSPS) is 21.8. The minimum atomic E-state index is -2.02. The molecule has 1 aromatic heterocycles. The standard InChI is InChI=1S/C18H30N4O3Si/c1-7-10-24-22-11-17(25-26(5,6)18(2,3)4)15(12-23)16(22)8-9-21-14-19-13-20-21/h7,13-14,16-17H,1,8-11H2,2-6H3/t16-,17+/m1/s1. The summed E-state index contributed by atoms with van der Waals surface area (Å²) in [5.41, 5.74) is 0.624. The van der Waals surface area contributed by atoms with Crippen molar-refractivity contribution in [2.24, 2.45) is 0 Å². The molecule has 0 bridgehead atoms. The number of hydroxylamine groups is 2. The lowest BCUT2D eigenvalue weighted by atomic mass is 10.1. The van der Waals surface area contributed by atoms with E-state index in [0.717, 1.165) is 0 Å². The Bertz CT molecular complexity index is 648. The van der Waals surface area contributed by atoms with Crippen LogP contribution in [0, 0.1) is 0 Å². The largest absolute Gasteiger partial charge is 0.408 e. The predicted octanol–water partition coefficient (Wildman–Crippen LogP) is 2.62. The smallest absolute Gasteiger partial charge is 0.192 e. The van der Waals surface area contributed by atoms with E-state index in [1.807, 2.05) is 5.06 Å². The molecule has 0 spiro atoms. The van der Waals surface area contributed by atoms with Gasteiger partial charge in [-0.15, -0.1) is 6.58 Å². The van der Waals surface area contributed by atoms with Crippen LogP contribution in [0.15, 0.2) is 30.9 Å². The molecule has 1 fully saturated rings. The first-order valence-corrected chi connectivity index (χ1v) is 11.9. The van der Waals surface area contributed by atoms with E-state index in [1.165, 1.54) is 6.33 Å². The van der Waals surface area contributed by atoms with Crippen molar-refractivity contribution in [2.75, 3.05) is 13.2 Å². The van der Waals surface area contributed by atoms with Gasteiger partial charge in [0.05, 0.1) is 30.9 Å². The van der Waals surface area contributed by atoms with Crippen LogP contribution in [-0.2, 0) is 20.6 Å². The van der Waals surface area contributed by atoms with Crippen LogP contribution in [0.5, 0.6) is 0 Å². The van der Waals surface area contributed by atoms with Crippen LogP contribution >= 0.6 is 0 Å². The predicted molar refractivity (Wildman–Crippen MR) is 103 cm³/mol. The third-order valence-electron chi connectivity index (χ3n) is 5.22. The molecule has 2 atom stereocenters. The molecule has 0 unspecified atom stereocenters. The fraction of sp³-hybridized carbons (Fsp3) is 0.667. The topological polar surface area (TPSA) is 69.5 Å². The molecule has 26 heavy (non-hydrogen) atoms. The second-order valence-corrected chi connectivity index (χ2v) is 12.8. The van der Waals surface area contributed by atoms with Crippen LogP contribution in [0.25, 0.3) is 0 Å². The minimum Gasteiger partial charge on any atom is -0.408 e. The second-order valence-electron chi connectivity index (χ2n) is 8.07. The summed E-state index contributed by atoms with van der Waals surface area (Å²) in [5.74, 6) is 2.15. The molecular weight excluding hydrogens is 348 g/mol. The zero-order chi connectivity index (χ0) is 19.4. The summed E-state index contributed by atoms with van der Waals surface area (Å²) in [7, 11) is -2.02. The van der Waals surface area contributed by atoms with E-state index in [2.05, 4.69) is 56.5 Å². The van der Waals surface area contributed by atoms with E-state index >= 15 is 0 Å². The Hall–Kier alpha value is -1.57. The summed E-state index contributed by atoms with van der Waals surface area (Å²) in [5, 5.41) is 6.02. The Balaban J connectivity index is 2.17. The van der Waals surface area contributed by atoms with Gasteiger partial charge in [-0.2, -0.15) is 10.2 Å². The van der Waals surface area contributed by atoms with Crippen LogP contribution in [-0.4, -0.2) is 59.4 Å². The summed E-state index contributed by atoms with van der Waals surface area (Å²) in [4.78, 5) is 21.5. The highest BCUT2D eigenvalue weighted by Gasteiger charge is 2.46. The van der Waals surface area contributed by atoms with Gasteiger partial charge in [0.1, 0.15) is 18.6 Å². The molecule has 0 saturated carbocycles. The molecule has 8 heteroatoms. The van der Waals surface area contributed by atoms with Crippen molar-refractivity contribution >= 4 is 14.3 Å². The third kappa shape index (κ3) is 4.78. The zero-order valence-electron chi connectivity index (χ0n) is 16.4. The van der Waals surface area contributed by atoms with Gasteiger partial charge in [0, 0.05) is 6.54 Å². The molecule has 2 heterocycles. The molecule has 1 saturated heterocycles. The highest BCUT2D eigenvalue weighted by Crippen LogP contribution is 2.40. The van der Waals surface area contributed by atoms with Crippen molar-refractivity contribution in [3.63, 3.8) is 0 Å². The van der Waals surface area contributed by atoms with E-state index < -0.39 is 8.32 Å². The van der Waals surface area contributed by atoms with Gasteiger partial charge >= 0.3 is 0 Å². The van der Waals surface area contributed by atoms with Gasteiger partial charge in [-0.1, -0.05) is 26.8 Å². The van der Waals surface area contributed by atoms with E-state index in [-0.39, 0.29) is 17.2 Å². The maximum Gasteiger partial charge on any atom is 0.192 e. The molecule has 1 aromatic rings. The van der Waals surface area contributed by atoms with Crippen LogP contribution < -0.4 is 0 Å². The van der Waals surface area contributed by atoms with Gasteiger partial charge in [-0.3, -0.25) is 9.52 Å². The van der Waals surface area contributed by atoms with Crippen LogP contribution in [0.3, 0.4) is 0 Å². The third-order valence-corrected chi connectivity index (χ3v) is 9.70. The van der Waals surface area contributed by atoms with Gasteiger partial charge in [0.2, 0.25) is 0 Å². The average molecular weight is 379 g/mol. The number of hydrogen-bond acceptors (Lipinski definition) is 6. The molecule has 1 aliphatic heterocycles. The fourth-order valence-corrected chi connectivity index (χ4v) is 3.99. The Morgan fingerprint density at radius 1 is 1.46 bits per heavy atom. The molecule has 1 aliphatic rings. The van der Waals surface area contributed by atoms with Gasteiger partial charge in [-0.25, -0.2) is 9.78 Å². The molecule has 0 amide bonds. The van der Waals surface area contributed by atoms with E-state index in [0.29, 0.717) is 31.7 Å². The van der Waals surface area contributed by atoms with Crippen LogP contribution in [0.2, 0.25) is 18.1 Å². The number of aryl methyl sites for hydroxylation is 1. The minimum absolute atomic E-state index is 0.0621. The van der Waals surface area contributed by atoms with E-state index in [1.54, 1.807) is 17.1 Å². The number of hydrogen-bond donors (Lipinski definition) is 0. The highest BCUT2D eigenvalue weighted by atomic mass is 28.4. The van der Waals surface area contributed by atoms with Crippen LogP contribution in [0.4, 0.5) is 0 Å². The number of aromatic nitrogens is 3. The highest BCUT2D eigenvalue weighted by molar-refractivity contribution is 6.74. The average Bonchev–Trinajstić information content (AvgIpc) is 3.17. The molecule has 0 aromatic carbocycles. The molecule has 2 rings (SSSR count). The summed E-state index contributed by atoms with van der Waals surface area (Å²) < 4.78 is 8.25. The second kappa shape index (κ2) is 8.41. The van der Waals surface area contributed by atoms with Gasteiger partial charge in [0.25, 0.3) is 0 Å². The number of carbonyl (C=O) groups excluding carboxylic acids is 1. The molecule has 0 radical (unpaired) electrons. The Morgan fingerprint density at radius 3 is 2.73 bits per heavy atom. The summed E-state index contributed by atoms with van der Waals surface area (Å²) in [6, 6.07) is -0.189. The lowest BCUT2D eigenvalue weighted by Crippen LogP contribution is -2.45. The van der Waals surface area contributed by atoms with Gasteiger partial charge < -0.3 is 4.43 Å². The van der Waals surface area contributed by atoms with Crippen molar-refractivity contribution in [3.8, 4) is 0 Å². The summed E-state index contributed by atoms with van der Waals surface area (Å²) in [6.07, 6.45) is 5.24. The number of rotatable bonds is 8. The molecule has 144 valence electrons. The first-order valence-electron chi connectivity index (χ1n) is 8.95. The zero-order valence-corrected chi connectivity index (χ0v) is 17.4. The first-order chi connectivity index (χ1) is 12.2. The molecule has 7 nitrogen and oxygen atoms in total. The van der Waals surface area contributed by atoms with Gasteiger partial charge in [0.15, 0.2) is 8.32 Å². The fourth-order valence-electron chi connectivity index (χ4n) is 2.72. The molecule has 0 aliphatic carbocycles. The first kappa shape index (κ1) is 20.7. The molecular formula is C18H30N4O3Si. The van der Waals surface area contributed by atoms with E-state index in [9.17, 15) is 4.79 Å². The summed E-state index contributed by atoms with van der Waals surface area (Å²) in [6.45, 7) is 16.2. The van der Waals surface area contributed by atoms with Crippen molar-refractivity contribution < 1.29 is 14.1 Å². The van der Waals surface area contributed by atoms with E-state index in [4.69, 9.17) is 9.26 Å². The summed E-state index contributed by atoms with van der Waals surface area (Å²) >= 11 is 0. The van der Waals surface area contributed by atoms with Crippen molar-refractivity contribution in [1.29, 1.82) is 0 Å². The Kier molecular flexibility index (Phi) is 6.71. The Morgan fingerprint density at radius 2 is 2.19 bits per heavy atom. The van der Waals surface area contributed by atoms with Crippen molar-refractivity contribution in [3.05, 3.63) is 30.9 Å². The number of nitrogens with zero attached hydrogens (tertiary/aromatic N) is 4. The monoisotopic (exact) mass is 378 g/mol. The van der Waals surface area contributed by atoms with Crippen molar-refractivity contribution in [2.45, 2.75) is 64.0 Å². The van der Waals surface area contributed by atoms with Crippen LogP contribution in [0.1, 0.15) is 27.2 Å². The maximum absolute atomic E-state index is 11.8. The molecule has 0 N–H and O–H groups in total. The SMILES string of the molecule is C=CCON1C[C@H](O[Si](C)(C)C(C)(C)C)C(=C=O)[C@H]1CCn1cncn1. The quantitative estimate of drug-likeness (QED) is 0.393. The van der Waals surface area contributed by atoms with Crippen molar-refractivity contribution in [1.82, 2.24) is 19.8 Å². The van der Waals surface area contributed by atoms with Gasteiger partial charge in [-0.05, 0) is 24.6 Å². The Labute approximate surface area is 156 Å².